The van der Waals surface area contributed by atoms with E-state index in [4.69, 9.17) is 0 Å². The van der Waals surface area contributed by atoms with E-state index in [2.05, 4.69) is 20.8 Å². The fraction of sp³-hybridized carbons (Fsp3) is 0.900. The molecule has 69 valence electrons. The van der Waals surface area contributed by atoms with Crippen molar-refractivity contribution < 1.29 is 4.79 Å². The SMILES string of the molecule is CC(C)C(C)[B]C(=O)C(C)(C)C. The van der Waals surface area contributed by atoms with Crippen molar-refractivity contribution >= 4 is 13.0 Å². The maximum atomic E-state index is 11.5. The van der Waals surface area contributed by atoms with Gasteiger partial charge < -0.3 is 4.79 Å². The topological polar surface area (TPSA) is 17.1 Å². The Bertz CT molecular complexity index is 156. The van der Waals surface area contributed by atoms with Crippen LogP contribution < -0.4 is 0 Å². The highest BCUT2D eigenvalue weighted by atomic mass is 16.1. The minimum Gasteiger partial charge on any atom is -0.311 e. The minimum atomic E-state index is -0.219. The lowest BCUT2D eigenvalue weighted by atomic mass is 9.53. The highest BCUT2D eigenvalue weighted by molar-refractivity contribution is 6.75. The first-order valence-electron chi connectivity index (χ1n) is 4.64. The smallest absolute Gasteiger partial charge is 0.206 e. The fourth-order valence-electron chi connectivity index (χ4n) is 0.681. The molecule has 12 heavy (non-hydrogen) atoms. The summed E-state index contributed by atoms with van der Waals surface area (Å²) < 4.78 is 0. The summed E-state index contributed by atoms with van der Waals surface area (Å²) in [6.45, 7) is 12.2. The quantitative estimate of drug-likeness (QED) is 0.590. The summed E-state index contributed by atoms with van der Waals surface area (Å²) >= 11 is 0. The largest absolute Gasteiger partial charge is 0.311 e. The second kappa shape index (κ2) is 4.11. The summed E-state index contributed by atoms with van der Waals surface area (Å²) in [5.41, 5.74) is 0.0343. The maximum Gasteiger partial charge on any atom is 0.206 e. The molecule has 0 bridgehead atoms. The number of carbonyl (C=O) groups is 1. The molecule has 0 heterocycles. The Morgan fingerprint density at radius 1 is 1.17 bits per heavy atom. The van der Waals surface area contributed by atoms with Crippen molar-refractivity contribution in [2.75, 3.05) is 0 Å². The van der Waals surface area contributed by atoms with Gasteiger partial charge in [-0.25, -0.2) is 0 Å². The van der Waals surface area contributed by atoms with Crippen LogP contribution in [0.15, 0.2) is 0 Å². The molecule has 0 fully saturated rings. The third kappa shape index (κ3) is 3.94. The highest BCUT2D eigenvalue weighted by Crippen LogP contribution is 2.20. The lowest BCUT2D eigenvalue weighted by molar-refractivity contribution is -0.118. The Morgan fingerprint density at radius 3 is 1.83 bits per heavy atom. The molecule has 0 aromatic heterocycles. The van der Waals surface area contributed by atoms with E-state index in [1.165, 1.54) is 0 Å². The monoisotopic (exact) mass is 167 g/mol. The molecule has 0 aliphatic carbocycles. The van der Waals surface area contributed by atoms with Gasteiger partial charge in [-0.15, -0.1) is 0 Å². The van der Waals surface area contributed by atoms with Crippen molar-refractivity contribution in [1.82, 2.24) is 0 Å². The molecule has 0 aliphatic rings. The first kappa shape index (κ1) is 11.7. The van der Waals surface area contributed by atoms with E-state index in [1.807, 2.05) is 28.1 Å². The van der Waals surface area contributed by atoms with Crippen LogP contribution in [0.2, 0.25) is 5.82 Å². The zero-order valence-electron chi connectivity index (χ0n) is 9.14. The molecular formula is C10H20BO. The molecular weight excluding hydrogens is 147 g/mol. The van der Waals surface area contributed by atoms with Gasteiger partial charge in [0, 0.05) is 5.41 Å². The number of hydrogen-bond acceptors (Lipinski definition) is 1. The van der Waals surface area contributed by atoms with Gasteiger partial charge in [-0.05, 0) is 0 Å². The van der Waals surface area contributed by atoms with E-state index >= 15 is 0 Å². The lowest BCUT2D eigenvalue weighted by Crippen LogP contribution is -2.29. The van der Waals surface area contributed by atoms with E-state index in [-0.39, 0.29) is 11.1 Å². The highest BCUT2D eigenvalue weighted by Gasteiger charge is 2.24. The Balaban J connectivity index is 4.02. The molecule has 0 aliphatic heterocycles. The summed E-state index contributed by atoms with van der Waals surface area (Å²) in [6, 6.07) is 0. The molecule has 0 amide bonds. The van der Waals surface area contributed by atoms with Crippen molar-refractivity contribution in [3.8, 4) is 0 Å². The van der Waals surface area contributed by atoms with Gasteiger partial charge in [-0.1, -0.05) is 53.3 Å². The van der Waals surface area contributed by atoms with Crippen LogP contribution in [0.5, 0.6) is 0 Å². The standard InChI is InChI=1S/C10H20BO/c1-7(2)8(3)11-9(12)10(4,5)6/h7-8H,1-6H3. The second-order valence-corrected chi connectivity index (χ2v) is 4.88. The molecule has 0 rings (SSSR count). The molecule has 0 saturated heterocycles. The van der Waals surface area contributed by atoms with Gasteiger partial charge in [0.05, 0.1) is 5.68 Å². The molecule has 1 atom stereocenters. The van der Waals surface area contributed by atoms with E-state index in [0.717, 1.165) is 0 Å². The number of rotatable bonds is 3. The molecule has 0 aromatic carbocycles. The molecule has 0 spiro atoms. The van der Waals surface area contributed by atoms with E-state index in [9.17, 15) is 4.79 Å². The predicted molar refractivity (Wildman–Crippen MR) is 54.5 cm³/mol. The molecule has 0 N–H and O–H groups in total. The van der Waals surface area contributed by atoms with E-state index in [1.54, 1.807) is 0 Å². The summed E-state index contributed by atoms with van der Waals surface area (Å²) in [7, 11) is 1.85. The minimum absolute atomic E-state index is 0.219. The Kier molecular flexibility index (Phi) is 4.02. The zero-order chi connectivity index (χ0) is 9.94. The molecule has 1 nitrogen and oxygen atoms in total. The first-order valence-corrected chi connectivity index (χ1v) is 4.64. The van der Waals surface area contributed by atoms with Crippen molar-refractivity contribution in [2.24, 2.45) is 11.3 Å². The van der Waals surface area contributed by atoms with Crippen LogP contribution >= 0.6 is 0 Å². The summed E-state index contributed by atoms with van der Waals surface area (Å²) in [6.07, 6.45) is 0. The van der Waals surface area contributed by atoms with Crippen molar-refractivity contribution in [3.05, 3.63) is 0 Å². The van der Waals surface area contributed by atoms with Crippen molar-refractivity contribution in [3.63, 3.8) is 0 Å². The van der Waals surface area contributed by atoms with Crippen molar-refractivity contribution in [1.29, 1.82) is 0 Å². The Morgan fingerprint density at radius 2 is 1.58 bits per heavy atom. The van der Waals surface area contributed by atoms with Gasteiger partial charge in [-0.2, -0.15) is 0 Å². The third-order valence-corrected chi connectivity index (χ3v) is 2.21. The maximum absolute atomic E-state index is 11.5. The summed E-state index contributed by atoms with van der Waals surface area (Å²) in [5, 5.41) is 0. The Labute approximate surface area is 77.2 Å². The van der Waals surface area contributed by atoms with E-state index in [0.29, 0.717) is 11.7 Å². The predicted octanol–water partition coefficient (Wildman–Crippen LogP) is 2.73. The zero-order valence-corrected chi connectivity index (χ0v) is 9.14. The normalized spacial score (nSPS) is 14.6. The van der Waals surface area contributed by atoms with Crippen LogP contribution in [0, 0.1) is 11.3 Å². The molecule has 0 saturated carbocycles. The lowest BCUT2D eigenvalue weighted by Gasteiger charge is -2.20. The van der Waals surface area contributed by atoms with E-state index < -0.39 is 0 Å². The van der Waals surface area contributed by atoms with Crippen LogP contribution in [-0.4, -0.2) is 13.0 Å². The average molecular weight is 167 g/mol. The molecule has 1 radical (unpaired) electrons. The van der Waals surface area contributed by atoms with Crippen LogP contribution in [0.25, 0.3) is 0 Å². The molecule has 0 aromatic rings. The molecule has 2 heteroatoms. The van der Waals surface area contributed by atoms with Gasteiger partial charge >= 0.3 is 0 Å². The van der Waals surface area contributed by atoms with Crippen LogP contribution in [-0.2, 0) is 4.79 Å². The first-order chi connectivity index (χ1) is 5.25. The van der Waals surface area contributed by atoms with Gasteiger partial charge in [0.1, 0.15) is 0 Å². The van der Waals surface area contributed by atoms with Gasteiger partial charge in [0.25, 0.3) is 0 Å². The third-order valence-electron chi connectivity index (χ3n) is 2.21. The van der Waals surface area contributed by atoms with Crippen LogP contribution in [0.4, 0.5) is 0 Å². The summed E-state index contributed by atoms with van der Waals surface area (Å²) in [5.74, 6) is 0.938. The number of carbonyl (C=O) groups excluding carboxylic acids is 1. The van der Waals surface area contributed by atoms with Crippen LogP contribution in [0.1, 0.15) is 41.5 Å². The number of hydrogen-bond donors (Lipinski definition) is 0. The molecule has 1 unspecified atom stereocenters. The van der Waals surface area contributed by atoms with Gasteiger partial charge in [0.15, 0.2) is 0 Å². The fourth-order valence-corrected chi connectivity index (χ4v) is 0.681. The van der Waals surface area contributed by atoms with Crippen molar-refractivity contribution in [2.45, 2.75) is 47.4 Å². The Hall–Kier alpha value is -0.265. The van der Waals surface area contributed by atoms with Crippen LogP contribution in [0.3, 0.4) is 0 Å². The van der Waals surface area contributed by atoms with Gasteiger partial charge in [-0.3, -0.25) is 0 Å². The summed E-state index contributed by atoms with van der Waals surface area (Å²) in [4.78, 5) is 11.5. The second-order valence-electron chi connectivity index (χ2n) is 4.88. The van der Waals surface area contributed by atoms with Gasteiger partial charge in [0.2, 0.25) is 7.28 Å². The average Bonchev–Trinajstić information content (AvgIpc) is 1.85.